The number of aryl methyl sites for hydroxylation is 3. The quantitative estimate of drug-likeness (QED) is 0.525. The number of amides is 1. The number of hydrogen-bond acceptors (Lipinski definition) is 6. The van der Waals surface area contributed by atoms with Crippen molar-refractivity contribution in [3.63, 3.8) is 0 Å². The molecule has 6 nitrogen and oxygen atoms in total. The number of benzene rings is 1. The number of esters is 2. The first kappa shape index (κ1) is 24.0. The summed E-state index contributed by atoms with van der Waals surface area (Å²) in [5, 5.41) is 3.40. The number of anilines is 1. The topological polar surface area (TPSA) is 81.7 Å². The van der Waals surface area contributed by atoms with Crippen LogP contribution < -0.4 is 5.32 Å². The molecule has 1 unspecified atom stereocenters. The first-order chi connectivity index (χ1) is 15.4. The van der Waals surface area contributed by atoms with Crippen LogP contribution in [-0.4, -0.2) is 31.1 Å². The predicted octanol–water partition coefficient (Wildman–Crippen LogP) is 5.18. The molecule has 1 N–H and O–H groups in total. The second-order valence-electron chi connectivity index (χ2n) is 7.95. The van der Waals surface area contributed by atoms with E-state index in [1.165, 1.54) is 22.5 Å². The third-order valence-corrected chi connectivity index (χ3v) is 6.74. The minimum Gasteiger partial charge on any atom is -0.466 e. The van der Waals surface area contributed by atoms with E-state index in [0.717, 1.165) is 24.1 Å². The Balaban J connectivity index is 1.76. The molecule has 1 aliphatic carbocycles. The molecule has 1 amide bonds. The Hall–Kier alpha value is -2.67. The van der Waals surface area contributed by atoms with Crippen LogP contribution in [-0.2, 0) is 31.9 Å². The molecule has 0 spiro atoms. The highest BCUT2D eigenvalue weighted by atomic mass is 32.1. The molecule has 0 aliphatic heterocycles. The minimum atomic E-state index is -0.504. The molecule has 1 aliphatic rings. The van der Waals surface area contributed by atoms with Crippen molar-refractivity contribution >= 4 is 34.2 Å². The normalized spacial score (nSPS) is 15.0. The lowest BCUT2D eigenvalue weighted by Crippen LogP contribution is -2.23. The third kappa shape index (κ3) is 5.76. The fraction of sp³-hybridized carbons (Fsp3) is 0.480. The molecule has 1 heterocycles. The maximum Gasteiger partial charge on any atom is 0.341 e. The van der Waals surface area contributed by atoms with Gasteiger partial charge in [-0.25, -0.2) is 4.79 Å². The smallest absolute Gasteiger partial charge is 0.341 e. The summed E-state index contributed by atoms with van der Waals surface area (Å²) >= 11 is 1.37. The molecule has 0 fully saturated rings. The Morgan fingerprint density at radius 1 is 1.09 bits per heavy atom. The van der Waals surface area contributed by atoms with Gasteiger partial charge in [-0.1, -0.05) is 29.8 Å². The van der Waals surface area contributed by atoms with Crippen molar-refractivity contribution in [1.82, 2.24) is 0 Å². The largest absolute Gasteiger partial charge is 0.466 e. The maximum atomic E-state index is 12.8. The molecule has 1 atom stereocenters. The number of thiophene rings is 1. The van der Waals surface area contributed by atoms with Gasteiger partial charge >= 0.3 is 11.9 Å². The number of nitrogens with one attached hydrogen (secondary N) is 1. The van der Waals surface area contributed by atoms with Crippen LogP contribution in [0.3, 0.4) is 0 Å². The summed E-state index contributed by atoms with van der Waals surface area (Å²) in [5.41, 5.74) is 3.39. The number of ether oxygens (including phenoxy) is 2. The molecule has 0 saturated carbocycles. The van der Waals surface area contributed by atoms with Crippen LogP contribution >= 0.6 is 11.3 Å². The molecule has 172 valence electrons. The van der Waals surface area contributed by atoms with Crippen LogP contribution in [0.25, 0.3) is 0 Å². The van der Waals surface area contributed by atoms with Gasteiger partial charge in [0.15, 0.2) is 0 Å². The summed E-state index contributed by atoms with van der Waals surface area (Å²) in [4.78, 5) is 39.0. The van der Waals surface area contributed by atoms with Crippen LogP contribution in [0.5, 0.6) is 0 Å². The Kier molecular flexibility index (Phi) is 8.45. The minimum absolute atomic E-state index is 0.144. The molecule has 7 heteroatoms. The van der Waals surface area contributed by atoms with E-state index in [1.807, 2.05) is 6.92 Å². The van der Waals surface area contributed by atoms with Gasteiger partial charge in [0, 0.05) is 11.3 Å². The first-order valence-corrected chi connectivity index (χ1v) is 12.1. The molecule has 3 rings (SSSR count). The molecule has 1 aromatic carbocycles. The Bertz CT molecular complexity index is 963. The first-order valence-electron chi connectivity index (χ1n) is 11.3. The van der Waals surface area contributed by atoms with E-state index in [-0.39, 0.29) is 25.1 Å². The average molecular weight is 458 g/mol. The summed E-state index contributed by atoms with van der Waals surface area (Å²) in [6, 6.07) is 8.29. The SMILES string of the molecule is CCOC(=O)c1c(NC(=O)CCCc2ccc(C)cc2)sc2c1C(C(=O)OCC)CCC2. The monoisotopic (exact) mass is 457 g/mol. The standard InChI is InChI=1S/C25H31NO5S/c1-4-30-24(28)18-9-7-10-19-21(18)22(25(29)31-5-2)23(32-19)26-20(27)11-6-8-17-14-12-16(3)13-15-17/h12-15,18H,4-11H2,1-3H3,(H,26,27). The number of fused-ring (bicyclic) bond motifs is 1. The predicted molar refractivity (Wildman–Crippen MR) is 125 cm³/mol. The van der Waals surface area contributed by atoms with E-state index in [4.69, 9.17) is 9.47 Å². The number of rotatable bonds is 9. The molecule has 32 heavy (non-hydrogen) atoms. The van der Waals surface area contributed by atoms with Gasteiger partial charge in [0.05, 0.1) is 24.7 Å². The van der Waals surface area contributed by atoms with E-state index < -0.39 is 11.9 Å². The van der Waals surface area contributed by atoms with Gasteiger partial charge in [-0.15, -0.1) is 11.3 Å². The lowest BCUT2D eigenvalue weighted by atomic mass is 9.85. The Morgan fingerprint density at radius 3 is 2.50 bits per heavy atom. The van der Waals surface area contributed by atoms with Crippen LogP contribution in [0.1, 0.15) is 77.4 Å². The summed E-state index contributed by atoms with van der Waals surface area (Å²) in [6.45, 7) is 6.06. The second kappa shape index (κ2) is 11.3. The van der Waals surface area contributed by atoms with Crippen LogP contribution in [0.4, 0.5) is 5.00 Å². The number of carbonyl (C=O) groups is 3. The summed E-state index contributed by atoms with van der Waals surface area (Å²) in [7, 11) is 0. The zero-order chi connectivity index (χ0) is 23.1. The zero-order valence-electron chi connectivity index (χ0n) is 19.0. The van der Waals surface area contributed by atoms with E-state index in [1.54, 1.807) is 13.8 Å². The molecule has 0 saturated heterocycles. The van der Waals surface area contributed by atoms with Crippen molar-refractivity contribution in [1.29, 1.82) is 0 Å². The average Bonchev–Trinajstić information content (AvgIpc) is 3.13. The number of hydrogen-bond donors (Lipinski definition) is 1. The fourth-order valence-corrected chi connectivity index (χ4v) is 5.33. The lowest BCUT2D eigenvalue weighted by Gasteiger charge is -2.22. The Labute approximate surface area is 193 Å². The highest BCUT2D eigenvalue weighted by Crippen LogP contribution is 2.44. The second-order valence-corrected chi connectivity index (χ2v) is 9.05. The summed E-state index contributed by atoms with van der Waals surface area (Å²) in [6.07, 6.45) is 4.10. The van der Waals surface area contributed by atoms with Crippen molar-refractivity contribution in [2.45, 2.75) is 65.2 Å². The fourth-order valence-electron chi connectivity index (χ4n) is 4.03. The van der Waals surface area contributed by atoms with Gasteiger partial charge in [-0.05, 0) is 64.0 Å². The molecular weight excluding hydrogens is 426 g/mol. The van der Waals surface area contributed by atoms with Gasteiger partial charge in [0.1, 0.15) is 5.00 Å². The molecule has 0 bridgehead atoms. The van der Waals surface area contributed by atoms with E-state index in [2.05, 4.69) is 29.6 Å². The summed E-state index contributed by atoms with van der Waals surface area (Å²) in [5.74, 6) is -1.47. The van der Waals surface area contributed by atoms with Crippen molar-refractivity contribution in [3.05, 3.63) is 51.4 Å². The molecule has 1 aromatic heterocycles. The van der Waals surface area contributed by atoms with E-state index in [0.29, 0.717) is 35.4 Å². The van der Waals surface area contributed by atoms with Crippen molar-refractivity contribution in [3.8, 4) is 0 Å². The van der Waals surface area contributed by atoms with Crippen LogP contribution in [0.2, 0.25) is 0 Å². The highest BCUT2D eigenvalue weighted by Gasteiger charge is 2.36. The van der Waals surface area contributed by atoms with E-state index in [9.17, 15) is 14.4 Å². The van der Waals surface area contributed by atoms with Crippen molar-refractivity contribution in [2.24, 2.45) is 0 Å². The van der Waals surface area contributed by atoms with Gasteiger partial charge < -0.3 is 14.8 Å². The lowest BCUT2D eigenvalue weighted by molar-refractivity contribution is -0.145. The maximum absolute atomic E-state index is 12.8. The van der Waals surface area contributed by atoms with Crippen molar-refractivity contribution in [2.75, 3.05) is 18.5 Å². The van der Waals surface area contributed by atoms with Crippen LogP contribution in [0, 0.1) is 6.92 Å². The highest BCUT2D eigenvalue weighted by molar-refractivity contribution is 7.17. The van der Waals surface area contributed by atoms with Gasteiger partial charge in [-0.3, -0.25) is 9.59 Å². The molecular formula is C25H31NO5S. The van der Waals surface area contributed by atoms with Crippen LogP contribution in [0.15, 0.2) is 24.3 Å². The van der Waals surface area contributed by atoms with E-state index >= 15 is 0 Å². The van der Waals surface area contributed by atoms with Crippen molar-refractivity contribution < 1.29 is 23.9 Å². The molecule has 0 radical (unpaired) electrons. The third-order valence-electron chi connectivity index (χ3n) is 5.56. The zero-order valence-corrected chi connectivity index (χ0v) is 19.8. The summed E-state index contributed by atoms with van der Waals surface area (Å²) < 4.78 is 10.5. The Morgan fingerprint density at radius 2 is 1.81 bits per heavy atom. The number of carbonyl (C=O) groups excluding carboxylic acids is 3. The van der Waals surface area contributed by atoms with Gasteiger partial charge in [0.25, 0.3) is 0 Å². The van der Waals surface area contributed by atoms with Gasteiger partial charge in [0.2, 0.25) is 5.91 Å². The van der Waals surface area contributed by atoms with Gasteiger partial charge in [-0.2, -0.15) is 0 Å². The molecule has 2 aromatic rings.